The van der Waals surface area contributed by atoms with Crippen molar-refractivity contribution in [1.29, 1.82) is 0 Å². The van der Waals surface area contributed by atoms with Crippen LogP contribution in [0.4, 0.5) is 4.79 Å². The van der Waals surface area contributed by atoms with Gasteiger partial charge in [0.15, 0.2) is 0 Å². The van der Waals surface area contributed by atoms with Gasteiger partial charge in [-0.05, 0) is 64.7 Å². The van der Waals surface area contributed by atoms with Crippen LogP contribution in [-0.4, -0.2) is 43.5 Å². The summed E-state index contributed by atoms with van der Waals surface area (Å²) in [6, 6.07) is 0.710. The molecular formula is C18H34N2O3. The maximum atomic E-state index is 11.9. The van der Waals surface area contributed by atoms with Gasteiger partial charge in [-0.1, -0.05) is 6.92 Å². The maximum Gasteiger partial charge on any atom is 0.407 e. The Labute approximate surface area is 140 Å². The summed E-state index contributed by atoms with van der Waals surface area (Å²) >= 11 is 0. The van der Waals surface area contributed by atoms with E-state index in [1.54, 1.807) is 0 Å². The van der Waals surface area contributed by atoms with E-state index in [0.717, 1.165) is 51.9 Å². The minimum atomic E-state index is -0.436. The third-order valence-electron chi connectivity index (χ3n) is 4.91. The van der Waals surface area contributed by atoms with E-state index >= 15 is 0 Å². The molecule has 1 amide bonds. The van der Waals surface area contributed by atoms with Crippen molar-refractivity contribution in [3.63, 3.8) is 0 Å². The van der Waals surface area contributed by atoms with Crippen molar-refractivity contribution >= 4 is 6.09 Å². The number of hydrogen-bond acceptors (Lipinski definition) is 4. The number of hydrogen-bond donors (Lipinski definition) is 2. The van der Waals surface area contributed by atoms with Crippen LogP contribution in [0.2, 0.25) is 0 Å². The number of carbonyl (C=O) groups is 1. The van der Waals surface area contributed by atoms with Gasteiger partial charge in [0.25, 0.3) is 0 Å². The second-order valence-electron chi connectivity index (χ2n) is 8.51. The Hall–Kier alpha value is -0.810. The Morgan fingerprint density at radius 3 is 2.52 bits per heavy atom. The minimum absolute atomic E-state index is 0.221. The van der Waals surface area contributed by atoms with Gasteiger partial charge in [-0.3, -0.25) is 0 Å². The average molecular weight is 326 g/mol. The van der Waals surface area contributed by atoms with E-state index in [2.05, 4.69) is 17.6 Å². The first-order valence-corrected chi connectivity index (χ1v) is 9.06. The van der Waals surface area contributed by atoms with E-state index in [0.29, 0.717) is 11.5 Å². The topological polar surface area (TPSA) is 59.6 Å². The molecule has 1 aliphatic carbocycles. The van der Waals surface area contributed by atoms with E-state index in [-0.39, 0.29) is 12.1 Å². The SMILES string of the molecule is CC1(CN[C@H]2CCC[C@H](NC(=O)OC(C)(C)C)C2)CCOCC1. The summed E-state index contributed by atoms with van der Waals surface area (Å²) in [5, 5.41) is 6.77. The first-order valence-electron chi connectivity index (χ1n) is 9.06. The summed E-state index contributed by atoms with van der Waals surface area (Å²) in [6.07, 6.45) is 6.35. The smallest absolute Gasteiger partial charge is 0.407 e. The maximum absolute atomic E-state index is 11.9. The van der Waals surface area contributed by atoms with Gasteiger partial charge in [-0.2, -0.15) is 0 Å². The van der Waals surface area contributed by atoms with E-state index in [4.69, 9.17) is 9.47 Å². The predicted octanol–water partition coefficient (Wildman–Crippen LogP) is 3.23. The highest BCUT2D eigenvalue weighted by atomic mass is 16.6. The van der Waals surface area contributed by atoms with Gasteiger partial charge >= 0.3 is 6.09 Å². The van der Waals surface area contributed by atoms with Crippen LogP contribution >= 0.6 is 0 Å². The zero-order valence-electron chi connectivity index (χ0n) is 15.2. The Morgan fingerprint density at radius 1 is 1.22 bits per heavy atom. The van der Waals surface area contributed by atoms with Crippen LogP contribution in [0.1, 0.15) is 66.2 Å². The lowest BCUT2D eigenvalue weighted by atomic mass is 9.81. The standard InChI is InChI=1S/C18H34N2O3/c1-17(2,3)23-16(21)20-15-7-5-6-14(12-15)19-13-18(4)8-10-22-11-9-18/h14-15,19H,5-13H2,1-4H3,(H,20,21)/t14-,15-/m0/s1. The van der Waals surface area contributed by atoms with E-state index in [1.807, 2.05) is 20.8 Å². The Balaban J connectivity index is 1.73. The van der Waals surface area contributed by atoms with Crippen molar-refractivity contribution in [3.8, 4) is 0 Å². The Morgan fingerprint density at radius 2 is 1.87 bits per heavy atom. The predicted molar refractivity (Wildman–Crippen MR) is 91.6 cm³/mol. The molecule has 0 bridgehead atoms. The van der Waals surface area contributed by atoms with Crippen LogP contribution in [0.3, 0.4) is 0 Å². The van der Waals surface area contributed by atoms with E-state index in [9.17, 15) is 4.79 Å². The van der Waals surface area contributed by atoms with Crippen molar-refractivity contribution in [3.05, 3.63) is 0 Å². The lowest BCUT2D eigenvalue weighted by Crippen LogP contribution is -2.48. The fourth-order valence-corrected chi connectivity index (χ4v) is 3.41. The number of rotatable bonds is 4. The van der Waals surface area contributed by atoms with Gasteiger partial charge in [-0.25, -0.2) is 4.79 Å². The largest absolute Gasteiger partial charge is 0.444 e. The number of ether oxygens (including phenoxy) is 2. The highest BCUT2D eigenvalue weighted by Crippen LogP contribution is 2.29. The fraction of sp³-hybridized carbons (Fsp3) is 0.944. The summed E-state index contributed by atoms with van der Waals surface area (Å²) in [5.41, 5.74) is -0.0855. The summed E-state index contributed by atoms with van der Waals surface area (Å²) in [5.74, 6) is 0. The van der Waals surface area contributed by atoms with Crippen molar-refractivity contribution in [2.45, 2.75) is 83.9 Å². The Bertz CT molecular complexity index is 386. The van der Waals surface area contributed by atoms with E-state index < -0.39 is 5.60 Å². The van der Waals surface area contributed by atoms with Gasteiger partial charge in [0.2, 0.25) is 0 Å². The quantitative estimate of drug-likeness (QED) is 0.833. The number of carbonyl (C=O) groups excluding carboxylic acids is 1. The molecule has 2 fully saturated rings. The molecule has 5 nitrogen and oxygen atoms in total. The second kappa shape index (κ2) is 7.84. The molecule has 1 saturated heterocycles. The van der Waals surface area contributed by atoms with Gasteiger partial charge < -0.3 is 20.1 Å². The van der Waals surface area contributed by atoms with Crippen molar-refractivity contribution in [2.24, 2.45) is 5.41 Å². The average Bonchev–Trinajstić information content (AvgIpc) is 2.44. The van der Waals surface area contributed by atoms with Gasteiger partial charge in [0.1, 0.15) is 5.60 Å². The first kappa shape index (κ1) is 18.5. The van der Waals surface area contributed by atoms with Crippen LogP contribution in [0.25, 0.3) is 0 Å². The lowest BCUT2D eigenvalue weighted by molar-refractivity contribution is 0.0217. The molecule has 23 heavy (non-hydrogen) atoms. The Kier molecular flexibility index (Phi) is 6.32. The zero-order valence-corrected chi connectivity index (χ0v) is 15.2. The molecule has 0 spiro atoms. The lowest BCUT2D eigenvalue weighted by Gasteiger charge is -2.37. The van der Waals surface area contributed by atoms with Crippen LogP contribution in [0, 0.1) is 5.41 Å². The molecule has 0 unspecified atom stereocenters. The van der Waals surface area contributed by atoms with Crippen LogP contribution in [-0.2, 0) is 9.47 Å². The van der Waals surface area contributed by atoms with Gasteiger partial charge in [0, 0.05) is 31.8 Å². The zero-order chi connectivity index (χ0) is 16.9. The number of amides is 1. The molecule has 1 heterocycles. The molecule has 2 aliphatic rings. The van der Waals surface area contributed by atoms with Gasteiger partial charge in [0.05, 0.1) is 0 Å². The molecule has 0 radical (unpaired) electrons. The van der Waals surface area contributed by atoms with Crippen LogP contribution < -0.4 is 10.6 Å². The van der Waals surface area contributed by atoms with Crippen molar-refractivity contribution in [1.82, 2.24) is 10.6 Å². The molecule has 2 N–H and O–H groups in total. The summed E-state index contributed by atoms with van der Waals surface area (Å²) in [4.78, 5) is 11.9. The molecule has 1 aliphatic heterocycles. The summed E-state index contributed by atoms with van der Waals surface area (Å²) < 4.78 is 10.8. The summed E-state index contributed by atoms with van der Waals surface area (Å²) in [6.45, 7) is 10.8. The van der Waals surface area contributed by atoms with Crippen molar-refractivity contribution < 1.29 is 14.3 Å². The molecule has 0 aromatic carbocycles. The molecule has 2 rings (SSSR count). The fourth-order valence-electron chi connectivity index (χ4n) is 3.41. The molecule has 0 aromatic rings. The van der Waals surface area contributed by atoms with E-state index in [1.165, 1.54) is 6.42 Å². The minimum Gasteiger partial charge on any atom is -0.444 e. The molecule has 2 atom stereocenters. The first-order chi connectivity index (χ1) is 10.8. The highest BCUT2D eigenvalue weighted by molar-refractivity contribution is 5.68. The third-order valence-corrected chi connectivity index (χ3v) is 4.91. The van der Waals surface area contributed by atoms with Gasteiger partial charge in [-0.15, -0.1) is 0 Å². The monoisotopic (exact) mass is 326 g/mol. The van der Waals surface area contributed by atoms with Crippen LogP contribution in [0.5, 0.6) is 0 Å². The summed E-state index contributed by atoms with van der Waals surface area (Å²) in [7, 11) is 0. The highest BCUT2D eigenvalue weighted by Gasteiger charge is 2.30. The second-order valence-corrected chi connectivity index (χ2v) is 8.51. The molecule has 5 heteroatoms. The third kappa shape index (κ3) is 6.68. The molecule has 1 saturated carbocycles. The van der Waals surface area contributed by atoms with Crippen molar-refractivity contribution in [2.75, 3.05) is 19.8 Å². The number of nitrogens with one attached hydrogen (secondary N) is 2. The molecule has 0 aromatic heterocycles. The normalized spacial score (nSPS) is 28.2. The molecule has 134 valence electrons. The van der Waals surface area contributed by atoms with Crippen LogP contribution in [0.15, 0.2) is 0 Å². The molecular weight excluding hydrogens is 292 g/mol. The number of alkyl carbamates (subject to hydrolysis) is 1.